The molecule has 0 spiro atoms. The van der Waals surface area contributed by atoms with Crippen LogP contribution in [0.4, 0.5) is 5.69 Å². The van der Waals surface area contributed by atoms with Gasteiger partial charge in [-0.2, -0.15) is 0 Å². The monoisotopic (exact) mass is 408 g/mol. The number of hydrogen-bond acceptors (Lipinski definition) is 7. The summed E-state index contributed by atoms with van der Waals surface area (Å²) in [6.07, 6.45) is 5.32. The fourth-order valence-corrected chi connectivity index (χ4v) is 4.73. The second-order valence-corrected chi connectivity index (χ2v) is 8.39. The van der Waals surface area contributed by atoms with Gasteiger partial charge in [0, 0.05) is 24.0 Å². The van der Waals surface area contributed by atoms with Gasteiger partial charge >= 0.3 is 7.60 Å². The number of aryl methyl sites for hydroxylation is 1. The van der Waals surface area contributed by atoms with Crippen molar-refractivity contribution in [3.05, 3.63) is 42.2 Å². The van der Waals surface area contributed by atoms with E-state index in [1.54, 1.807) is 31.5 Å². The lowest BCUT2D eigenvalue weighted by atomic mass is 10.1. The van der Waals surface area contributed by atoms with Crippen molar-refractivity contribution >= 4 is 13.3 Å². The lowest BCUT2D eigenvalue weighted by Crippen LogP contribution is -2.23. The fourth-order valence-electron chi connectivity index (χ4n) is 2.86. The van der Waals surface area contributed by atoms with Gasteiger partial charge in [-0.3, -0.25) is 9.51 Å². The number of phenols is 1. The molecule has 7 nitrogen and oxygen atoms in total. The highest BCUT2D eigenvalue weighted by atomic mass is 31.2. The van der Waals surface area contributed by atoms with Crippen LogP contribution in [0.5, 0.6) is 17.2 Å². The van der Waals surface area contributed by atoms with Gasteiger partial charge in [0.2, 0.25) is 0 Å². The van der Waals surface area contributed by atoms with Crippen LogP contribution in [-0.2, 0) is 15.5 Å². The summed E-state index contributed by atoms with van der Waals surface area (Å²) in [6, 6.07) is 6.85. The summed E-state index contributed by atoms with van der Waals surface area (Å²) in [5.41, 5.74) is 1.40. The number of benzene rings is 1. The second-order valence-electron chi connectivity index (χ2n) is 6.24. The molecule has 8 heteroatoms. The van der Waals surface area contributed by atoms with E-state index in [-0.39, 0.29) is 18.1 Å². The Kier molecular flexibility index (Phi) is 8.15. The first kappa shape index (κ1) is 22.1. The van der Waals surface area contributed by atoms with Gasteiger partial charge in [0.25, 0.3) is 0 Å². The summed E-state index contributed by atoms with van der Waals surface area (Å²) in [4.78, 5) is 4.07. The van der Waals surface area contributed by atoms with Crippen LogP contribution in [0.1, 0.15) is 39.2 Å². The zero-order chi connectivity index (χ0) is 20.6. The number of ether oxygens (including phenoxy) is 1. The van der Waals surface area contributed by atoms with E-state index >= 15 is 0 Å². The van der Waals surface area contributed by atoms with Crippen LogP contribution in [0.2, 0.25) is 0 Å². The Morgan fingerprint density at radius 3 is 2.64 bits per heavy atom. The Balaban J connectivity index is 2.36. The molecular weight excluding hydrogens is 379 g/mol. The molecule has 1 aromatic carbocycles. The number of nitrogens with one attached hydrogen (secondary N) is 1. The van der Waals surface area contributed by atoms with E-state index in [4.69, 9.17) is 13.8 Å². The Bertz CT molecular complexity index is 801. The summed E-state index contributed by atoms with van der Waals surface area (Å²) < 4.78 is 30.4. The average Bonchev–Trinajstić information content (AvgIpc) is 2.69. The number of rotatable bonds is 11. The summed E-state index contributed by atoms with van der Waals surface area (Å²) in [6.45, 7) is 5.92. The van der Waals surface area contributed by atoms with Gasteiger partial charge < -0.3 is 19.7 Å². The highest BCUT2D eigenvalue weighted by Crippen LogP contribution is 2.55. The summed E-state index contributed by atoms with van der Waals surface area (Å²) in [7, 11) is -2.11. The first-order valence-electron chi connectivity index (χ1n) is 9.47. The smallest absolute Gasteiger partial charge is 0.401 e. The zero-order valence-corrected chi connectivity index (χ0v) is 17.7. The largest absolute Gasteiger partial charge is 0.504 e. The van der Waals surface area contributed by atoms with E-state index in [1.165, 1.54) is 13.2 Å². The summed E-state index contributed by atoms with van der Waals surface area (Å²) >= 11 is 0. The number of aromatic hydroxyl groups is 1. The molecule has 0 aliphatic heterocycles. The molecule has 0 saturated carbocycles. The molecule has 0 bridgehead atoms. The molecule has 1 aromatic heterocycles. The van der Waals surface area contributed by atoms with Crippen LogP contribution in [0.25, 0.3) is 0 Å². The number of phenolic OH excluding ortho intramolecular Hbond substituents is 1. The van der Waals surface area contributed by atoms with Gasteiger partial charge in [0.15, 0.2) is 11.5 Å². The van der Waals surface area contributed by atoms with Gasteiger partial charge in [-0.05, 0) is 38.0 Å². The van der Waals surface area contributed by atoms with Gasteiger partial charge in [-0.15, -0.1) is 0 Å². The lowest BCUT2D eigenvalue weighted by Gasteiger charge is -2.28. The third-order valence-electron chi connectivity index (χ3n) is 4.17. The summed E-state index contributed by atoms with van der Waals surface area (Å²) in [5.74, 6) is 0.119. The number of aromatic nitrogens is 1. The highest BCUT2D eigenvalue weighted by molar-refractivity contribution is 7.55. The van der Waals surface area contributed by atoms with Crippen molar-refractivity contribution in [2.24, 2.45) is 0 Å². The van der Waals surface area contributed by atoms with E-state index in [9.17, 15) is 9.67 Å². The third kappa shape index (κ3) is 5.40. The van der Waals surface area contributed by atoms with Gasteiger partial charge in [-0.25, -0.2) is 4.57 Å². The normalized spacial score (nSPS) is 14.1. The molecule has 0 aliphatic rings. The molecule has 1 heterocycles. The van der Waals surface area contributed by atoms with Crippen LogP contribution in [0.15, 0.2) is 36.7 Å². The lowest BCUT2D eigenvalue weighted by molar-refractivity contribution is 0.270. The quantitative estimate of drug-likeness (QED) is 0.494. The Hall–Kier alpha value is -2.24. The van der Waals surface area contributed by atoms with Crippen molar-refractivity contribution in [3.8, 4) is 17.2 Å². The van der Waals surface area contributed by atoms with Crippen molar-refractivity contribution in [1.29, 1.82) is 0 Å². The molecule has 2 atom stereocenters. The Labute approximate surface area is 166 Å². The van der Waals surface area contributed by atoms with Crippen LogP contribution in [-0.4, -0.2) is 29.6 Å². The van der Waals surface area contributed by atoms with Crippen molar-refractivity contribution in [2.45, 2.75) is 45.8 Å². The highest BCUT2D eigenvalue weighted by Gasteiger charge is 2.36. The number of pyridine rings is 1. The van der Waals surface area contributed by atoms with Crippen molar-refractivity contribution < 1.29 is 23.5 Å². The molecule has 0 fully saturated rings. The minimum Gasteiger partial charge on any atom is -0.504 e. The van der Waals surface area contributed by atoms with Gasteiger partial charge in [0.1, 0.15) is 11.5 Å². The number of anilines is 1. The minimum absolute atomic E-state index is 0.0727. The zero-order valence-electron chi connectivity index (χ0n) is 16.8. The number of nitrogens with zero attached hydrogens (tertiary/aromatic N) is 1. The Morgan fingerprint density at radius 2 is 2.07 bits per heavy atom. The van der Waals surface area contributed by atoms with Gasteiger partial charge in [-0.1, -0.05) is 20.3 Å². The molecule has 2 rings (SSSR count). The van der Waals surface area contributed by atoms with Gasteiger partial charge in [0.05, 0.1) is 19.4 Å². The molecular formula is C20H29N2O5P. The van der Waals surface area contributed by atoms with Crippen LogP contribution >= 0.6 is 7.60 Å². The van der Waals surface area contributed by atoms with E-state index in [1.807, 2.05) is 19.9 Å². The first-order valence-corrected chi connectivity index (χ1v) is 11.1. The van der Waals surface area contributed by atoms with Crippen LogP contribution in [0, 0.1) is 0 Å². The van der Waals surface area contributed by atoms with Crippen molar-refractivity contribution in [2.75, 3.05) is 19.0 Å². The van der Waals surface area contributed by atoms with E-state index < -0.39 is 13.4 Å². The molecule has 0 aliphatic carbocycles. The molecule has 2 N–H and O–H groups in total. The molecule has 0 amide bonds. The van der Waals surface area contributed by atoms with Crippen molar-refractivity contribution in [3.63, 3.8) is 0 Å². The van der Waals surface area contributed by atoms with E-state index in [0.29, 0.717) is 24.2 Å². The number of methoxy groups -OCH3 is 1. The Morgan fingerprint density at radius 1 is 1.29 bits per heavy atom. The van der Waals surface area contributed by atoms with Crippen molar-refractivity contribution in [1.82, 2.24) is 4.98 Å². The third-order valence-corrected chi connectivity index (χ3v) is 6.51. The predicted molar refractivity (Wildman–Crippen MR) is 110 cm³/mol. The van der Waals surface area contributed by atoms with Crippen LogP contribution < -0.4 is 14.6 Å². The van der Waals surface area contributed by atoms with E-state index in [0.717, 1.165) is 12.1 Å². The molecule has 0 radical (unpaired) electrons. The maximum Gasteiger partial charge on any atom is 0.401 e. The standard InChI is InChI=1S/C20H29N2O5P/c1-5-9-15-12-17(13-18(25-4)20(15)23)27-28(24,26-7-3)19(6-2)22-16-10-8-11-21-14-16/h8,10-14,19,22-23H,5-7,9H2,1-4H3. The molecule has 28 heavy (non-hydrogen) atoms. The maximum atomic E-state index is 13.6. The first-order chi connectivity index (χ1) is 13.5. The summed E-state index contributed by atoms with van der Waals surface area (Å²) in [5, 5.41) is 13.5. The van der Waals surface area contributed by atoms with Crippen LogP contribution in [0.3, 0.4) is 0 Å². The number of hydrogen-bond donors (Lipinski definition) is 2. The molecule has 0 saturated heterocycles. The molecule has 2 aromatic rings. The SMILES string of the molecule is CCCc1cc(OP(=O)(OCC)C(CC)Nc2cccnc2)cc(OC)c1O. The predicted octanol–water partition coefficient (Wildman–Crippen LogP) is 5.20. The average molecular weight is 408 g/mol. The van der Waals surface area contributed by atoms with E-state index in [2.05, 4.69) is 10.3 Å². The molecule has 154 valence electrons. The maximum absolute atomic E-state index is 13.6. The molecule has 2 unspecified atom stereocenters. The fraction of sp³-hybridized carbons (Fsp3) is 0.450. The minimum atomic E-state index is -3.58. The second kappa shape index (κ2) is 10.3. The topological polar surface area (TPSA) is 89.9 Å².